The summed E-state index contributed by atoms with van der Waals surface area (Å²) in [6.45, 7) is -0.208. The lowest BCUT2D eigenvalue weighted by Crippen LogP contribution is -2.27. The van der Waals surface area contributed by atoms with Gasteiger partial charge in [0.2, 0.25) is 10.0 Å². The molecule has 0 aliphatic carbocycles. The van der Waals surface area contributed by atoms with Crippen molar-refractivity contribution >= 4 is 34.3 Å². The fraction of sp³-hybridized carbons (Fsp3) is 0.235. The topological polar surface area (TPSA) is 125 Å². The molecule has 9 nitrogen and oxygen atoms in total. The van der Waals surface area contributed by atoms with Crippen molar-refractivity contribution in [3.63, 3.8) is 0 Å². The van der Waals surface area contributed by atoms with Crippen LogP contribution in [0.2, 0.25) is 0 Å². The lowest BCUT2D eigenvalue weighted by atomic mass is 10.1. The van der Waals surface area contributed by atoms with E-state index in [9.17, 15) is 23.3 Å². The van der Waals surface area contributed by atoms with E-state index in [1.54, 1.807) is 24.3 Å². The normalized spacial score (nSPS) is 12.2. The van der Waals surface area contributed by atoms with Gasteiger partial charge in [0.25, 0.3) is 5.69 Å². The van der Waals surface area contributed by atoms with E-state index in [0.29, 0.717) is 5.75 Å². The van der Waals surface area contributed by atoms with Gasteiger partial charge in [0.15, 0.2) is 6.61 Å². The Balaban J connectivity index is 1.95. The first-order valence-corrected chi connectivity index (χ1v) is 9.94. The van der Waals surface area contributed by atoms with Gasteiger partial charge in [-0.15, -0.1) is 0 Å². The number of nitrogens with one attached hydrogen (secondary N) is 1. The van der Waals surface area contributed by atoms with Crippen LogP contribution in [0, 0.1) is 10.1 Å². The summed E-state index contributed by atoms with van der Waals surface area (Å²) in [6, 6.07) is 11.2. The molecule has 0 aliphatic heterocycles. The van der Waals surface area contributed by atoms with E-state index in [-0.39, 0.29) is 23.7 Å². The molecule has 0 saturated carbocycles. The molecule has 0 heterocycles. The van der Waals surface area contributed by atoms with Crippen molar-refractivity contribution < 1.29 is 27.6 Å². The van der Waals surface area contributed by atoms with E-state index < -0.39 is 26.2 Å². The van der Waals surface area contributed by atoms with Gasteiger partial charge in [0.05, 0.1) is 16.9 Å². The molecule has 0 aromatic heterocycles. The Kier molecular flexibility index (Phi) is 7.38. The summed E-state index contributed by atoms with van der Waals surface area (Å²) < 4.78 is 36.7. The van der Waals surface area contributed by atoms with Crippen molar-refractivity contribution in [2.24, 2.45) is 0 Å². The number of hydrogen-bond acceptors (Lipinski definition) is 8. The minimum Gasteiger partial charge on any atom is -0.482 e. The van der Waals surface area contributed by atoms with Crippen LogP contribution in [0.4, 0.5) is 5.69 Å². The number of benzene rings is 2. The van der Waals surface area contributed by atoms with Gasteiger partial charge in [-0.2, -0.15) is 12.6 Å². The number of nitro groups is 1. The fourth-order valence-electron chi connectivity index (χ4n) is 2.12. The summed E-state index contributed by atoms with van der Waals surface area (Å²) in [6.07, 6.45) is 0. The van der Waals surface area contributed by atoms with E-state index in [1.165, 1.54) is 19.2 Å². The number of hydrogen-bond donors (Lipinski definition) is 2. The zero-order chi connectivity index (χ0) is 20.7. The second-order valence-corrected chi connectivity index (χ2v) is 7.94. The average molecular weight is 426 g/mol. The summed E-state index contributed by atoms with van der Waals surface area (Å²) >= 11 is 4.39. The van der Waals surface area contributed by atoms with E-state index in [2.05, 4.69) is 22.1 Å². The number of ether oxygens (including phenoxy) is 2. The molecule has 2 rings (SSSR count). The molecule has 28 heavy (non-hydrogen) atoms. The van der Waals surface area contributed by atoms with E-state index >= 15 is 0 Å². The van der Waals surface area contributed by atoms with Gasteiger partial charge in [-0.3, -0.25) is 10.1 Å². The third kappa shape index (κ3) is 5.94. The van der Waals surface area contributed by atoms with Crippen LogP contribution in [0.3, 0.4) is 0 Å². The minimum absolute atomic E-state index is 0.00476. The molecule has 1 N–H and O–H groups in total. The van der Waals surface area contributed by atoms with Crippen molar-refractivity contribution in [2.75, 3.05) is 20.3 Å². The van der Waals surface area contributed by atoms with Crippen LogP contribution in [0.15, 0.2) is 53.4 Å². The number of thiol groups is 1. The first kappa shape index (κ1) is 21.7. The van der Waals surface area contributed by atoms with Gasteiger partial charge in [0, 0.05) is 23.9 Å². The molecule has 1 atom stereocenters. The molecule has 0 radical (unpaired) electrons. The van der Waals surface area contributed by atoms with Crippen molar-refractivity contribution in [1.82, 2.24) is 4.72 Å². The van der Waals surface area contributed by atoms with Crippen molar-refractivity contribution in [3.05, 3.63) is 64.2 Å². The Morgan fingerprint density at radius 2 is 1.79 bits per heavy atom. The lowest BCUT2D eigenvalue weighted by Gasteiger charge is -2.13. The third-order valence-corrected chi connectivity index (χ3v) is 5.59. The van der Waals surface area contributed by atoms with Gasteiger partial charge < -0.3 is 9.47 Å². The highest BCUT2D eigenvalue weighted by molar-refractivity contribution is 7.89. The minimum atomic E-state index is -3.83. The Hall–Kier alpha value is -2.63. The van der Waals surface area contributed by atoms with Gasteiger partial charge in [-0.1, -0.05) is 12.1 Å². The van der Waals surface area contributed by atoms with Crippen LogP contribution in [0.5, 0.6) is 5.75 Å². The van der Waals surface area contributed by atoms with Crippen LogP contribution >= 0.6 is 12.6 Å². The van der Waals surface area contributed by atoms with Crippen LogP contribution in [0.1, 0.15) is 10.8 Å². The molecular weight excluding hydrogens is 408 g/mol. The molecular formula is C17H18N2O7S2. The lowest BCUT2D eigenvalue weighted by molar-refractivity contribution is -0.384. The Bertz CT molecular complexity index is 929. The number of non-ortho nitro benzene ring substituents is 1. The smallest absolute Gasteiger partial charge is 0.343 e. The number of rotatable bonds is 9. The van der Waals surface area contributed by atoms with E-state index in [0.717, 1.165) is 17.7 Å². The first-order valence-electron chi connectivity index (χ1n) is 7.94. The van der Waals surface area contributed by atoms with E-state index in [4.69, 9.17) is 4.74 Å². The van der Waals surface area contributed by atoms with Gasteiger partial charge in [-0.05, 0) is 29.8 Å². The third-order valence-electron chi connectivity index (χ3n) is 3.67. The molecule has 0 spiro atoms. The van der Waals surface area contributed by atoms with E-state index in [1.807, 2.05) is 0 Å². The van der Waals surface area contributed by atoms with Gasteiger partial charge in [0.1, 0.15) is 5.75 Å². The number of esters is 1. The first-order chi connectivity index (χ1) is 13.2. The second-order valence-electron chi connectivity index (χ2n) is 5.55. The number of methoxy groups -OCH3 is 1. The number of sulfonamides is 1. The summed E-state index contributed by atoms with van der Waals surface area (Å²) in [7, 11) is -2.57. The highest BCUT2D eigenvalue weighted by atomic mass is 32.2. The Morgan fingerprint density at radius 1 is 1.18 bits per heavy atom. The van der Waals surface area contributed by atoms with Crippen molar-refractivity contribution in [3.8, 4) is 5.75 Å². The predicted octanol–water partition coefficient (Wildman–Crippen LogP) is 2.10. The molecule has 1 unspecified atom stereocenters. The molecule has 2 aromatic rings. The zero-order valence-electron chi connectivity index (χ0n) is 14.8. The highest BCUT2D eigenvalue weighted by Gasteiger charge is 2.17. The van der Waals surface area contributed by atoms with Crippen LogP contribution in [-0.4, -0.2) is 39.6 Å². The summed E-state index contributed by atoms with van der Waals surface area (Å²) in [5.74, 6) is -0.0436. The molecule has 0 fully saturated rings. The van der Waals surface area contributed by atoms with Crippen molar-refractivity contribution in [1.29, 1.82) is 0 Å². The molecule has 11 heteroatoms. The standard InChI is InChI=1S/C17H18N2O7S2/c1-25-17(20)11-26-14-6-2-12(3-7-14)16(27)10-18-28(23,24)15-8-4-13(5-9-15)19(21)22/h2-9,16,18,27H,10-11H2,1H3. The Morgan fingerprint density at radius 3 is 2.32 bits per heavy atom. The SMILES string of the molecule is COC(=O)COc1ccc(C(S)CNS(=O)(=O)c2ccc([N+](=O)[O-])cc2)cc1. The number of carbonyl (C=O) groups is 1. The average Bonchev–Trinajstić information content (AvgIpc) is 2.70. The number of nitro benzene ring substituents is 1. The maximum absolute atomic E-state index is 12.3. The monoisotopic (exact) mass is 426 g/mol. The number of carbonyl (C=O) groups excluding carboxylic acids is 1. The fourth-order valence-corrected chi connectivity index (χ4v) is 3.56. The van der Waals surface area contributed by atoms with Crippen LogP contribution in [-0.2, 0) is 19.6 Å². The Labute approximate surface area is 167 Å². The largest absolute Gasteiger partial charge is 0.482 e. The zero-order valence-corrected chi connectivity index (χ0v) is 16.5. The summed E-state index contributed by atoms with van der Waals surface area (Å²) in [5, 5.41) is 10.2. The molecule has 0 bridgehead atoms. The highest BCUT2D eigenvalue weighted by Crippen LogP contribution is 2.23. The maximum atomic E-state index is 12.3. The number of nitrogens with zero attached hydrogens (tertiary/aromatic N) is 1. The molecule has 150 valence electrons. The molecule has 0 saturated heterocycles. The van der Waals surface area contributed by atoms with Crippen LogP contribution in [0.25, 0.3) is 0 Å². The van der Waals surface area contributed by atoms with Gasteiger partial charge >= 0.3 is 5.97 Å². The summed E-state index contributed by atoms with van der Waals surface area (Å²) in [5.41, 5.74) is 0.542. The predicted molar refractivity (Wildman–Crippen MR) is 104 cm³/mol. The van der Waals surface area contributed by atoms with Crippen LogP contribution < -0.4 is 9.46 Å². The molecule has 2 aromatic carbocycles. The molecule has 0 aliphatic rings. The summed E-state index contributed by atoms with van der Waals surface area (Å²) in [4.78, 5) is 21.0. The molecule has 0 amide bonds. The van der Waals surface area contributed by atoms with Gasteiger partial charge in [-0.25, -0.2) is 17.9 Å². The maximum Gasteiger partial charge on any atom is 0.343 e. The quantitative estimate of drug-likeness (QED) is 0.272. The second kappa shape index (κ2) is 9.53. The van der Waals surface area contributed by atoms with Crippen molar-refractivity contribution in [2.45, 2.75) is 10.1 Å².